The van der Waals surface area contributed by atoms with Crippen molar-refractivity contribution >= 4 is 12.0 Å². The fourth-order valence-corrected chi connectivity index (χ4v) is 2.62. The third kappa shape index (κ3) is 5.24. The second-order valence-electron chi connectivity index (χ2n) is 6.20. The quantitative estimate of drug-likeness (QED) is 0.324. The molecule has 0 radical (unpaired) electrons. The number of benzene rings is 3. The molecule has 28 heavy (non-hydrogen) atoms. The van der Waals surface area contributed by atoms with Gasteiger partial charge in [-0.3, -0.25) is 0 Å². The minimum absolute atomic E-state index is 0.433. The summed E-state index contributed by atoms with van der Waals surface area (Å²) in [5.74, 6) is 1.37. The summed E-state index contributed by atoms with van der Waals surface area (Å²) >= 11 is 0. The highest BCUT2D eigenvalue weighted by molar-refractivity contribution is 5.89. The Morgan fingerprint density at radius 2 is 1.64 bits per heavy atom. The molecule has 0 fully saturated rings. The highest BCUT2D eigenvalue weighted by Crippen LogP contribution is 2.29. The maximum Gasteiger partial charge on any atom is 0.336 e. The number of ether oxygens (including phenoxy) is 3. The summed E-state index contributed by atoms with van der Waals surface area (Å²) in [4.78, 5) is 12.1. The predicted octanol–water partition coefficient (Wildman–Crippen LogP) is 5.20. The van der Waals surface area contributed by atoms with Crippen LogP contribution in [0.25, 0.3) is 6.08 Å². The van der Waals surface area contributed by atoms with Crippen molar-refractivity contribution in [1.29, 1.82) is 0 Å². The second kappa shape index (κ2) is 9.42. The summed E-state index contributed by atoms with van der Waals surface area (Å²) in [6.07, 6.45) is 3.08. The lowest BCUT2D eigenvalue weighted by atomic mass is 10.2. The summed E-state index contributed by atoms with van der Waals surface area (Å²) in [6, 6.07) is 22.8. The Morgan fingerprint density at radius 3 is 2.39 bits per heavy atom. The topological polar surface area (TPSA) is 44.8 Å². The van der Waals surface area contributed by atoms with Gasteiger partial charge in [0.1, 0.15) is 12.4 Å². The minimum atomic E-state index is -0.433. The largest absolute Gasteiger partial charge is 0.493 e. The van der Waals surface area contributed by atoms with Crippen LogP contribution in [0.1, 0.15) is 16.7 Å². The van der Waals surface area contributed by atoms with Crippen LogP contribution >= 0.6 is 0 Å². The highest BCUT2D eigenvalue weighted by Gasteiger charge is 2.07. The molecule has 4 nitrogen and oxygen atoms in total. The Kier molecular flexibility index (Phi) is 6.47. The van der Waals surface area contributed by atoms with Crippen molar-refractivity contribution in [2.24, 2.45) is 0 Å². The Labute approximate surface area is 165 Å². The van der Waals surface area contributed by atoms with Crippen LogP contribution in [0, 0.1) is 6.92 Å². The maximum atomic E-state index is 12.1. The fourth-order valence-electron chi connectivity index (χ4n) is 2.62. The first-order chi connectivity index (χ1) is 13.7. The molecule has 0 unspecified atom stereocenters. The molecule has 3 aromatic carbocycles. The molecule has 0 amide bonds. The Bertz CT molecular complexity index is 961. The zero-order valence-electron chi connectivity index (χ0n) is 15.9. The molecule has 4 heteroatoms. The number of carbonyl (C=O) groups excluding carboxylic acids is 1. The molecule has 0 atom stereocenters. The van der Waals surface area contributed by atoms with E-state index in [1.165, 1.54) is 6.08 Å². The third-order valence-corrected chi connectivity index (χ3v) is 4.14. The van der Waals surface area contributed by atoms with Gasteiger partial charge in [0, 0.05) is 6.08 Å². The number of carbonyl (C=O) groups is 1. The van der Waals surface area contributed by atoms with Crippen LogP contribution in [0.4, 0.5) is 0 Å². The van der Waals surface area contributed by atoms with Crippen molar-refractivity contribution in [2.75, 3.05) is 7.11 Å². The molecule has 0 saturated carbocycles. The van der Waals surface area contributed by atoms with E-state index < -0.39 is 5.97 Å². The number of hydrogen-bond acceptors (Lipinski definition) is 4. The SMILES string of the molecule is COc1cc(/C=C/C(=O)Oc2ccccc2C)ccc1OCc1ccccc1. The van der Waals surface area contributed by atoms with Crippen molar-refractivity contribution < 1.29 is 19.0 Å². The summed E-state index contributed by atoms with van der Waals surface area (Å²) in [5.41, 5.74) is 2.80. The van der Waals surface area contributed by atoms with Crippen LogP contribution in [0.3, 0.4) is 0 Å². The Morgan fingerprint density at radius 1 is 0.893 bits per heavy atom. The average molecular weight is 374 g/mol. The van der Waals surface area contributed by atoms with E-state index in [0.29, 0.717) is 23.9 Å². The van der Waals surface area contributed by atoms with Gasteiger partial charge in [-0.1, -0.05) is 54.6 Å². The number of rotatable bonds is 7. The smallest absolute Gasteiger partial charge is 0.336 e. The van der Waals surface area contributed by atoms with E-state index in [0.717, 1.165) is 16.7 Å². The lowest BCUT2D eigenvalue weighted by Gasteiger charge is -2.11. The van der Waals surface area contributed by atoms with Gasteiger partial charge in [-0.05, 0) is 47.9 Å². The first kappa shape index (κ1) is 19.2. The summed E-state index contributed by atoms with van der Waals surface area (Å²) < 4.78 is 16.6. The third-order valence-electron chi connectivity index (χ3n) is 4.14. The lowest BCUT2D eigenvalue weighted by molar-refractivity contribution is -0.128. The fraction of sp³-hybridized carbons (Fsp3) is 0.125. The first-order valence-electron chi connectivity index (χ1n) is 8.96. The summed E-state index contributed by atoms with van der Waals surface area (Å²) in [5, 5.41) is 0. The van der Waals surface area contributed by atoms with Gasteiger partial charge in [-0.25, -0.2) is 4.79 Å². The van der Waals surface area contributed by atoms with Crippen molar-refractivity contribution in [3.8, 4) is 17.2 Å². The van der Waals surface area contributed by atoms with Crippen LogP contribution in [-0.4, -0.2) is 13.1 Å². The Hall–Kier alpha value is -3.53. The van der Waals surface area contributed by atoms with E-state index in [-0.39, 0.29) is 0 Å². The van der Waals surface area contributed by atoms with Crippen LogP contribution in [0.5, 0.6) is 17.2 Å². The number of methoxy groups -OCH3 is 1. The molecule has 3 aromatic rings. The summed E-state index contributed by atoms with van der Waals surface area (Å²) in [7, 11) is 1.59. The van der Waals surface area contributed by atoms with E-state index in [4.69, 9.17) is 14.2 Å². The highest BCUT2D eigenvalue weighted by atomic mass is 16.5. The van der Waals surface area contributed by atoms with Crippen LogP contribution in [-0.2, 0) is 11.4 Å². The monoisotopic (exact) mass is 374 g/mol. The molecule has 0 aliphatic carbocycles. The minimum Gasteiger partial charge on any atom is -0.493 e. The van der Waals surface area contributed by atoms with Crippen molar-refractivity contribution in [1.82, 2.24) is 0 Å². The predicted molar refractivity (Wildman–Crippen MR) is 110 cm³/mol. The molecule has 0 aliphatic rings. The van der Waals surface area contributed by atoms with Crippen molar-refractivity contribution in [3.05, 3.63) is 95.6 Å². The molecule has 0 aromatic heterocycles. The molecular formula is C24H22O4. The molecule has 3 rings (SSSR count). The molecular weight excluding hydrogens is 352 g/mol. The van der Waals surface area contributed by atoms with Gasteiger partial charge < -0.3 is 14.2 Å². The van der Waals surface area contributed by atoms with Gasteiger partial charge in [0.2, 0.25) is 0 Å². The lowest BCUT2D eigenvalue weighted by Crippen LogP contribution is -2.04. The van der Waals surface area contributed by atoms with E-state index in [9.17, 15) is 4.79 Å². The number of hydrogen-bond donors (Lipinski definition) is 0. The molecule has 0 heterocycles. The molecule has 0 saturated heterocycles. The molecule has 142 valence electrons. The van der Waals surface area contributed by atoms with E-state index >= 15 is 0 Å². The standard InChI is InChI=1S/C24H22O4/c1-18-8-6-7-11-21(18)28-24(25)15-13-19-12-14-22(23(16-19)26-2)27-17-20-9-4-3-5-10-20/h3-16H,17H2,1-2H3/b15-13+. The zero-order chi connectivity index (χ0) is 19.8. The van der Waals surface area contributed by atoms with E-state index in [1.54, 1.807) is 19.3 Å². The second-order valence-corrected chi connectivity index (χ2v) is 6.20. The zero-order valence-corrected chi connectivity index (χ0v) is 15.9. The van der Waals surface area contributed by atoms with Crippen LogP contribution in [0.15, 0.2) is 78.9 Å². The summed E-state index contributed by atoms with van der Waals surface area (Å²) in [6.45, 7) is 2.35. The van der Waals surface area contributed by atoms with Gasteiger partial charge in [-0.2, -0.15) is 0 Å². The molecule has 0 spiro atoms. The van der Waals surface area contributed by atoms with Crippen LogP contribution in [0.2, 0.25) is 0 Å². The van der Waals surface area contributed by atoms with Crippen molar-refractivity contribution in [3.63, 3.8) is 0 Å². The van der Waals surface area contributed by atoms with Gasteiger partial charge in [0.25, 0.3) is 0 Å². The van der Waals surface area contributed by atoms with Gasteiger partial charge in [-0.15, -0.1) is 0 Å². The number of esters is 1. The molecule has 0 bridgehead atoms. The maximum absolute atomic E-state index is 12.1. The first-order valence-corrected chi connectivity index (χ1v) is 8.96. The van der Waals surface area contributed by atoms with Crippen molar-refractivity contribution in [2.45, 2.75) is 13.5 Å². The molecule has 0 aliphatic heterocycles. The van der Waals surface area contributed by atoms with E-state index in [2.05, 4.69) is 0 Å². The number of para-hydroxylation sites is 1. The van der Waals surface area contributed by atoms with Crippen LogP contribution < -0.4 is 14.2 Å². The number of aryl methyl sites for hydroxylation is 1. The van der Waals surface area contributed by atoms with Gasteiger partial charge >= 0.3 is 5.97 Å². The van der Waals surface area contributed by atoms with Gasteiger partial charge in [0.05, 0.1) is 7.11 Å². The normalized spacial score (nSPS) is 10.6. The average Bonchev–Trinajstić information content (AvgIpc) is 2.73. The van der Waals surface area contributed by atoms with Gasteiger partial charge in [0.15, 0.2) is 11.5 Å². The Balaban J connectivity index is 1.65. The molecule has 0 N–H and O–H groups in total. The van der Waals surface area contributed by atoms with E-state index in [1.807, 2.05) is 73.7 Å².